The molecule has 0 bridgehead atoms. The van der Waals surface area contributed by atoms with Crippen LogP contribution in [-0.4, -0.2) is 12.6 Å². The van der Waals surface area contributed by atoms with E-state index in [1.165, 1.54) is 30.3 Å². The summed E-state index contributed by atoms with van der Waals surface area (Å²) in [4.78, 5) is 11.6. The van der Waals surface area contributed by atoms with E-state index < -0.39 is 11.8 Å². The van der Waals surface area contributed by atoms with E-state index in [4.69, 9.17) is 11.6 Å². The van der Waals surface area contributed by atoms with E-state index in [0.717, 1.165) is 5.56 Å². The number of nitrogens with one attached hydrogen (secondary N) is 2. The Morgan fingerprint density at radius 2 is 1.95 bits per heavy atom. The first-order valence-corrected chi connectivity index (χ1v) is 6.67. The number of carbonyl (C=O) groups is 1. The topological polar surface area (TPSA) is 41.1 Å². The Labute approximate surface area is 125 Å². The number of rotatable bonds is 4. The summed E-state index contributed by atoms with van der Waals surface area (Å²) in [6.45, 7) is 0.351. The Hall–Kier alpha value is -2.14. The van der Waals surface area contributed by atoms with Crippen molar-refractivity contribution in [3.63, 3.8) is 0 Å². The average molecular weight is 311 g/mol. The quantitative estimate of drug-likeness (QED) is 0.881. The van der Waals surface area contributed by atoms with Crippen molar-refractivity contribution in [2.75, 3.05) is 11.9 Å². The number of carbonyl (C=O) groups excluding carboxylic acids is 1. The molecule has 0 atom stereocenters. The number of hydrogen-bond donors (Lipinski definition) is 2. The highest BCUT2D eigenvalue weighted by molar-refractivity contribution is 6.31. The molecule has 110 valence electrons. The van der Waals surface area contributed by atoms with Gasteiger partial charge in [-0.1, -0.05) is 23.7 Å². The minimum absolute atomic E-state index is 0.0624. The molecule has 0 spiro atoms. The van der Waals surface area contributed by atoms with Gasteiger partial charge in [-0.2, -0.15) is 0 Å². The molecule has 2 amide bonds. The predicted octanol–water partition coefficient (Wildman–Crippen LogP) is 3.98. The second-order valence-electron chi connectivity index (χ2n) is 4.39. The van der Waals surface area contributed by atoms with E-state index >= 15 is 0 Å². The van der Waals surface area contributed by atoms with Gasteiger partial charge in [0.2, 0.25) is 0 Å². The zero-order valence-electron chi connectivity index (χ0n) is 11.0. The molecule has 2 rings (SSSR count). The second-order valence-corrected chi connectivity index (χ2v) is 4.80. The third-order valence-electron chi connectivity index (χ3n) is 2.77. The van der Waals surface area contributed by atoms with Gasteiger partial charge in [-0.15, -0.1) is 0 Å². The molecule has 3 nitrogen and oxygen atoms in total. The van der Waals surface area contributed by atoms with Gasteiger partial charge in [0.1, 0.15) is 11.6 Å². The third-order valence-corrected chi connectivity index (χ3v) is 3.06. The molecule has 0 aliphatic rings. The SMILES string of the molecule is O=C(NCCc1cccc(F)c1)Nc1ccc(F)c(Cl)c1. The highest BCUT2D eigenvalue weighted by Gasteiger charge is 2.04. The lowest BCUT2D eigenvalue weighted by Crippen LogP contribution is -2.30. The first-order valence-electron chi connectivity index (χ1n) is 6.29. The van der Waals surface area contributed by atoms with E-state index in [0.29, 0.717) is 18.7 Å². The first-order chi connectivity index (χ1) is 10.0. The van der Waals surface area contributed by atoms with Crippen LogP contribution in [0.15, 0.2) is 42.5 Å². The maximum Gasteiger partial charge on any atom is 0.319 e. The van der Waals surface area contributed by atoms with Crippen molar-refractivity contribution in [2.45, 2.75) is 6.42 Å². The maximum atomic E-state index is 13.0. The van der Waals surface area contributed by atoms with Crippen molar-refractivity contribution < 1.29 is 13.6 Å². The van der Waals surface area contributed by atoms with Crippen molar-refractivity contribution in [1.29, 1.82) is 0 Å². The van der Waals surface area contributed by atoms with Gasteiger partial charge in [-0.3, -0.25) is 0 Å². The summed E-state index contributed by atoms with van der Waals surface area (Å²) in [6.07, 6.45) is 0.509. The largest absolute Gasteiger partial charge is 0.338 e. The Morgan fingerprint density at radius 1 is 1.14 bits per heavy atom. The Kier molecular flexibility index (Phi) is 5.11. The van der Waals surface area contributed by atoms with Crippen molar-refractivity contribution in [1.82, 2.24) is 5.32 Å². The van der Waals surface area contributed by atoms with Crippen molar-refractivity contribution in [2.24, 2.45) is 0 Å². The van der Waals surface area contributed by atoms with Crippen LogP contribution < -0.4 is 10.6 Å². The molecule has 6 heteroatoms. The molecule has 2 N–H and O–H groups in total. The summed E-state index contributed by atoms with van der Waals surface area (Å²) >= 11 is 5.61. The van der Waals surface area contributed by atoms with Crippen LogP contribution >= 0.6 is 11.6 Å². The summed E-state index contributed by atoms with van der Waals surface area (Å²) < 4.78 is 25.9. The Bertz CT molecular complexity index is 649. The summed E-state index contributed by atoms with van der Waals surface area (Å²) in [5, 5.41) is 5.09. The molecule has 2 aromatic carbocycles. The lowest BCUT2D eigenvalue weighted by Gasteiger charge is -2.08. The standard InChI is InChI=1S/C15H13ClF2N2O/c16-13-9-12(4-5-14(13)18)20-15(21)19-7-6-10-2-1-3-11(17)8-10/h1-5,8-9H,6-7H2,(H2,19,20,21). The molecule has 0 aliphatic carbocycles. The number of hydrogen-bond acceptors (Lipinski definition) is 1. The number of amides is 2. The monoisotopic (exact) mass is 310 g/mol. The lowest BCUT2D eigenvalue weighted by molar-refractivity contribution is 0.252. The van der Waals surface area contributed by atoms with E-state index in [-0.39, 0.29) is 10.8 Å². The van der Waals surface area contributed by atoms with E-state index in [9.17, 15) is 13.6 Å². The Morgan fingerprint density at radius 3 is 2.67 bits per heavy atom. The number of urea groups is 1. The fraction of sp³-hybridized carbons (Fsp3) is 0.133. The van der Waals surface area contributed by atoms with Crippen LogP contribution in [0, 0.1) is 11.6 Å². The second kappa shape index (κ2) is 7.04. The first kappa shape index (κ1) is 15.3. The summed E-state index contributed by atoms with van der Waals surface area (Å²) in [7, 11) is 0. The third kappa shape index (κ3) is 4.72. The van der Waals surface area contributed by atoms with Crippen LogP contribution in [0.25, 0.3) is 0 Å². The van der Waals surface area contributed by atoms with Gasteiger partial charge in [0, 0.05) is 12.2 Å². The summed E-state index contributed by atoms with van der Waals surface area (Å²) in [5.41, 5.74) is 1.18. The van der Waals surface area contributed by atoms with Crippen LogP contribution in [0.5, 0.6) is 0 Å². The highest BCUT2D eigenvalue weighted by Crippen LogP contribution is 2.19. The normalized spacial score (nSPS) is 10.2. The zero-order chi connectivity index (χ0) is 15.2. The van der Waals surface area contributed by atoms with Crippen molar-refractivity contribution in [3.8, 4) is 0 Å². The average Bonchev–Trinajstić information content (AvgIpc) is 2.43. The number of halogens is 3. The molecule has 21 heavy (non-hydrogen) atoms. The fourth-order valence-corrected chi connectivity index (χ4v) is 1.94. The Balaban J connectivity index is 1.81. The van der Waals surface area contributed by atoms with Gasteiger partial charge in [-0.05, 0) is 42.3 Å². The molecule has 0 saturated heterocycles. The molecule has 0 heterocycles. The summed E-state index contributed by atoms with van der Waals surface area (Å²) in [5.74, 6) is -0.855. The zero-order valence-corrected chi connectivity index (χ0v) is 11.8. The minimum Gasteiger partial charge on any atom is -0.338 e. The van der Waals surface area contributed by atoms with Gasteiger partial charge in [0.15, 0.2) is 0 Å². The lowest BCUT2D eigenvalue weighted by atomic mass is 10.1. The van der Waals surface area contributed by atoms with Gasteiger partial charge in [0.05, 0.1) is 5.02 Å². The molecule has 0 aromatic heterocycles. The fourth-order valence-electron chi connectivity index (χ4n) is 1.76. The van der Waals surface area contributed by atoms with Gasteiger partial charge < -0.3 is 10.6 Å². The maximum absolute atomic E-state index is 13.0. The number of anilines is 1. The number of benzene rings is 2. The van der Waals surface area contributed by atoms with Gasteiger partial charge >= 0.3 is 6.03 Å². The van der Waals surface area contributed by atoms with Crippen LogP contribution in [-0.2, 0) is 6.42 Å². The molecule has 0 radical (unpaired) electrons. The molecular formula is C15H13ClF2N2O. The van der Waals surface area contributed by atoms with Crippen LogP contribution in [0.1, 0.15) is 5.56 Å². The molecule has 0 fully saturated rings. The predicted molar refractivity (Wildman–Crippen MR) is 78.5 cm³/mol. The van der Waals surface area contributed by atoms with Gasteiger partial charge in [0.25, 0.3) is 0 Å². The van der Waals surface area contributed by atoms with Gasteiger partial charge in [-0.25, -0.2) is 13.6 Å². The highest BCUT2D eigenvalue weighted by atomic mass is 35.5. The molecular weight excluding hydrogens is 298 g/mol. The summed E-state index contributed by atoms with van der Waals surface area (Å²) in [6, 6.07) is 9.64. The molecule has 2 aromatic rings. The van der Waals surface area contributed by atoms with E-state index in [2.05, 4.69) is 10.6 Å². The van der Waals surface area contributed by atoms with E-state index in [1.807, 2.05) is 0 Å². The molecule has 0 aliphatic heterocycles. The minimum atomic E-state index is -0.547. The van der Waals surface area contributed by atoms with E-state index in [1.54, 1.807) is 12.1 Å². The van der Waals surface area contributed by atoms with Crippen LogP contribution in [0.2, 0.25) is 5.02 Å². The van der Waals surface area contributed by atoms with Crippen LogP contribution in [0.3, 0.4) is 0 Å². The van der Waals surface area contributed by atoms with Crippen molar-refractivity contribution >= 4 is 23.3 Å². The molecule has 0 saturated carbocycles. The smallest absolute Gasteiger partial charge is 0.319 e. The molecule has 0 unspecified atom stereocenters. The van der Waals surface area contributed by atoms with Crippen LogP contribution in [0.4, 0.5) is 19.3 Å². The van der Waals surface area contributed by atoms with Crippen molar-refractivity contribution in [3.05, 3.63) is 64.7 Å².